The molecule has 4 rings (SSSR count). The highest BCUT2D eigenvalue weighted by Gasteiger charge is 2.62. The molecule has 0 saturated carbocycles. The van der Waals surface area contributed by atoms with Crippen LogP contribution in [0.15, 0.2) is 35.0 Å². The number of carbonyl (C=O) groups excluding carboxylic acids is 1. The van der Waals surface area contributed by atoms with Gasteiger partial charge in [0, 0.05) is 0 Å². The molecule has 0 aromatic carbocycles. The van der Waals surface area contributed by atoms with E-state index in [0.29, 0.717) is 0 Å². The Morgan fingerprint density at radius 1 is 1.04 bits per heavy atom. The number of likely N-dealkylation sites (tertiary alicyclic amines) is 1. The molecule has 2 aliphatic heterocycles. The summed E-state index contributed by atoms with van der Waals surface area (Å²) >= 11 is 3.09. The molecule has 0 radical (unpaired) electrons. The van der Waals surface area contributed by atoms with E-state index in [9.17, 15) is 4.79 Å². The van der Waals surface area contributed by atoms with Crippen LogP contribution in [0.1, 0.15) is 22.6 Å². The molecule has 0 aliphatic carbocycles. The van der Waals surface area contributed by atoms with Crippen molar-refractivity contribution in [2.45, 2.75) is 24.2 Å². The van der Waals surface area contributed by atoms with Crippen LogP contribution < -0.4 is 24.0 Å². The first kappa shape index (κ1) is 18.3. The molecule has 2 aromatic rings. The Kier molecular flexibility index (Phi) is 4.85. The summed E-state index contributed by atoms with van der Waals surface area (Å²) in [7, 11) is 4.41. The lowest BCUT2D eigenvalue weighted by Crippen LogP contribution is -3.00. The highest BCUT2D eigenvalue weighted by Crippen LogP contribution is 2.51. The largest absolute Gasteiger partial charge is 1.00 e. The van der Waals surface area contributed by atoms with Crippen LogP contribution in [0.2, 0.25) is 0 Å². The fourth-order valence-electron chi connectivity index (χ4n) is 3.35. The van der Waals surface area contributed by atoms with Crippen LogP contribution in [0.25, 0.3) is 0 Å². The van der Waals surface area contributed by atoms with Crippen molar-refractivity contribution in [2.24, 2.45) is 0 Å². The van der Waals surface area contributed by atoms with Gasteiger partial charge in [-0.2, -0.15) is 0 Å². The molecular formula is C17H20INO3S2. The fraction of sp³-hybridized carbons (Fsp3) is 0.471. The number of ether oxygens (including phenoxy) is 2. The molecule has 4 nitrogen and oxygen atoms in total. The van der Waals surface area contributed by atoms with Crippen molar-refractivity contribution in [3.8, 4) is 0 Å². The van der Waals surface area contributed by atoms with Crippen LogP contribution in [0.3, 0.4) is 0 Å². The van der Waals surface area contributed by atoms with E-state index in [2.05, 4.69) is 14.1 Å². The van der Waals surface area contributed by atoms with Gasteiger partial charge < -0.3 is 37.9 Å². The molecule has 0 bridgehead atoms. The highest BCUT2D eigenvalue weighted by atomic mass is 127. The van der Waals surface area contributed by atoms with Crippen LogP contribution in [0.4, 0.5) is 0 Å². The van der Waals surface area contributed by atoms with Gasteiger partial charge in [-0.1, -0.05) is 12.1 Å². The van der Waals surface area contributed by atoms with Crippen LogP contribution in [-0.4, -0.2) is 43.4 Å². The molecule has 24 heavy (non-hydrogen) atoms. The van der Waals surface area contributed by atoms with Crippen molar-refractivity contribution < 1.29 is 42.7 Å². The van der Waals surface area contributed by atoms with Gasteiger partial charge in [0.2, 0.25) is 11.4 Å². The summed E-state index contributed by atoms with van der Waals surface area (Å²) in [5, 5.41) is 3.96. The van der Waals surface area contributed by atoms with E-state index in [1.807, 2.05) is 35.0 Å². The van der Waals surface area contributed by atoms with E-state index < -0.39 is 11.4 Å². The molecule has 0 atom stereocenters. The smallest absolute Gasteiger partial charge is 0.352 e. The maximum absolute atomic E-state index is 13.0. The average Bonchev–Trinajstić information content (AvgIpc) is 3.24. The van der Waals surface area contributed by atoms with Gasteiger partial charge in [0.05, 0.1) is 49.8 Å². The number of halogens is 1. The number of hydrogen-bond donors (Lipinski definition) is 0. The first-order chi connectivity index (χ1) is 11.0. The standard InChI is InChI=1S/C17H20NO3S2.HI/c1-18(2)9-7-16(8-10-18)20-15(19)17(21-16,13-5-3-11-22-13)14-6-4-12-23-14;/h3-6,11-12H,7-10H2,1-2H3;1H/q+1;/p-1. The van der Waals surface area contributed by atoms with Crippen LogP contribution in [0.5, 0.6) is 0 Å². The Morgan fingerprint density at radius 2 is 1.58 bits per heavy atom. The number of rotatable bonds is 2. The molecule has 130 valence electrons. The topological polar surface area (TPSA) is 35.5 Å². The molecular weight excluding hydrogens is 457 g/mol. The first-order valence-corrected chi connectivity index (χ1v) is 9.55. The van der Waals surface area contributed by atoms with Gasteiger partial charge in [0.1, 0.15) is 0 Å². The summed E-state index contributed by atoms with van der Waals surface area (Å²) in [6.07, 6.45) is 1.48. The predicted octanol–water partition coefficient (Wildman–Crippen LogP) is 0.197. The number of quaternary nitrogens is 1. The summed E-state index contributed by atoms with van der Waals surface area (Å²) in [5.41, 5.74) is -1.09. The lowest BCUT2D eigenvalue weighted by molar-refractivity contribution is -0.898. The van der Waals surface area contributed by atoms with E-state index in [0.717, 1.165) is 40.2 Å². The third-order valence-electron chi connectivity index (χ3n) is 4.84. The second-order valence-corrected chi connectivity index (χ2v) is 8.82. The summed E-state index contributed by atoms with van der Waals surface area (Å²) < 4.78 is 13.3. The normalized spacial score (nSPS) is 23.7. The molecule has 0 N–H and O–H groups in total. The lowest BCUT2D eigenvalue weighted by atomic mass is 9.99. The van der Waals surface area contributed by atoms with Crippen molar-refractivity contribution in [3.63, 3.8) is 0 Å². The Balaban J connectivity index is 0.00000169. The van der Waals surface area contributed by atoms with Crippen LogP contribution in [0, 0.1) is 0 Å². The zero-order chi connectivity index (χ0) is 16.1. The molecule has 7 heteroatoms. The first-order valence-electron chi connectivity index (χ1n) is 7.79. The van der Waals surface area contributed by atoms with Gasteiger partial charge in [0.25, 0.3) is 0 Å². The maximum Gasteiger partial charge on any atom is 0.352 e. The molecule has 2 saturated heterocycles. The van der Waals surface area contributed by atoms with Gasteiger partial charge in [-0.05, 0) is 22.9 Å². The molecule has 0 unspecified atom stereocenters. The van der Waals surface area contributed by atoms with Gasteiger partial charge in [-0.15, -0.1) is 22.7 Å². The summed E-state index contributed by atoms with van der Waals surface area (Å²) in [6.45, 7) is 1.89. The predicted molar refractivity (Wildman–Crippen MR) is 90.4 cm³/mol. The molecule has 2 aromatic heterocycles. The number of carbonyl (C=O) groups is 1. The quantitative estimate of drug-likeness (QED) is 0.352. The Bertz CT molecular complexity index is 668. The summed E-state index contributed by atoms with van der Waals surface area (Å²) in [5.74, 6) is -1.05. The van der Waals surface area contributed by atoms with Crippen LogP contribution >= 0.6 is 22.7 Å². The molecule has 2 aliphatic rings. The van der Waals surface area contributed by atoms with Crippen LogP contribution in [-0.2, 0) is 19.9 Å². The number of piperidine rings is 1. The van der Waals surface area contributed by atoms with Crippen molar-refractivity contribution in [1.29, 1.82) is 0 Å². The van der Waals surface area contributed by atoms with Crippen molar-refractivity contribution in [3.05, 3.63) is 44.8 Å². The summed E-state index contributed by atoms with van der Waals surface area (Å²) in [6, 6.07) is 7.84. The molecule has 0 amide bonds. The number of esters is 1. The van der Waals surface area contributed by atoms with Gasteiger partial charge in [0.15, 0.2) is 0 Å². The number of nitrogens with zero attached hydrogens (tertiary/aromatic N) is 1. The second kappa shape index (κ2) is 6.35. The zero-order valence-corrected chi connectivity index (χ0v) is 17.4. The molecule has 4 heterocycles. The van der Waals surface area contributed by atoms with Crippen molar-refractivity contribution in [2.75, 3.05) is 27.2 Å². The highest BCUT2D eigenvalue weighted by molar-refractivity contribution is 7.12. The van der Waals surface area contributed by atoms with E-state index in [1.165, 1.54) is 0 Å². The van der Waals surface area contributed by atoms with Gasteiger partial charge in [-0.3, -0.25) is 0 Å². The Labute approximate surface area is 167 Å². The van der Waals surface area contributed by atoms with Gasteiger partial charge >= 0.3 is 5.97 Å². The maximum atomic E-state index is 13.0. The Morgan fingerprint density at radius 3 is 2.04 bits per heavy atom. The SMILES string of the molecule is C[N+]1(C)CCC2(CC1)OC(=O)C(c1cccs1)(c1cccs1)O2.[I-]. The van der Waals surface area contributed by atoms with E-state index in [4.69, 9.17) is 9.47 Å². The van der Waals surface area contributed by atoms with E-state index >= 15 is 0 Å². The Hall–Kier alpha value is -0.480. The third kappa shape index (κ3) is 2.84. The zero-order valence-electron chi connectivity index (χ0n) is 13.7. The number of thiophene rings is 2. The minimum absolute atomic E-state index is 0. The average molecular weight is 477 g/mol. The van der Waals surface area contributed by atoms with Crippen molar-refractivity contribution in [1.82, 2.24) is 0 Å². The van der Waals surface area contributed by atoms with Crippen molar-refractivity contribution >= 4 is 28.6 Å². The third-order valence-corrected chi connectivity index (χ3v) is 6.78. The van der Waals surface area contributed by atoms with E-state index in [1.54, 1.807) is 22.7 Å². The minimum atomic E-state index is -1.09. The van der Waals surface area contributed by atoms with Gasteiger partial charge in [-0.25, -0.2) is 4.79 Å². The monoisotopic (exact) mass is 477 g/mol. The second-order valence-electron chi connectivity index (χ2n) is 6.92. The number of hydrogen-bond acceptors (Lipinski definition) is 5. The summed E-state index contributed by atoms with van der Waals surface area (Å²) in [4.78, 5) is 14.8. The molecule has 1 spiro atoms. The van der Waals surface area contributed by atoms with E-state index in [-0.39, 0.29) is 29.9 Å². The molecule has 2 fully saturated rings. The lowest BCUT2D eigenvalue weighted by Gasteiger charge is -2.41. The fourth-order valence-corrected chi connectivity index (χ4v) is 5.14. The minimum Gasteiger partial charge on any atom is -1.00 e.